The van der Waals surface area contributed by atoms with E-state index in [0.717, 1.165) is 18.6 Å². The Kier molecular flexibility index (Phi) is 3.89. The van der Waals surface area contributed by atoms with Crippen LogP contribution in [0.4, 0.5) is 0 Å². The predicted molar refractivity (Wildman–Crippen MR) is 54.1 cm³/mol. The van der Waals surface area contributed by atoms with Crippen LogP contribution in [0.25, 0.3) is 0 Å². The molecule has 14 heavy (non-hydrogen) atoms. The minimum absolute atomic E-state index is 0.296. The van der Waals surface area contributed by atoms with E-state index in [1.807, 2.05) is 19.9 Å². The summed E-state index contributed by atoms with van der Waals surface area (Å²) in [6.45, 7) is 4.68. The first-order valence-electron chi connectivity index (χ1n) is 4.78. The Morgan fingerprint density at radius 1 is 1.50 bits per heavy atom. The molecule has 3 heteroatoms. The lowest BCUT2D eigenvalue weighted by molar-refractivity contribution is -0.132. The fourth-order valence-corrected chi connectivity index (χ4v) is 1.08. The van der Waals surface area contributed by atoms with Crippen LogP contribution < -0.4 is 0 Å². The van der Waals surface area contributed by atoms with Crippen LogP contribution >= 0.6 is 0 Å². The Bertz CT molecular complexity index is 268. The molecule has 1 saturated heterocycles. The molecule has 1 heterocycles. The van der Waals surface area contributed by atoms with Gasteiger partial charge in [0.2, 0.25) is 0 Å². The molecule has 0 bridgehead atoms. The van der Waals surface area contributed by atoms with E-state index in [-0.39, 0.29) is 0 Å². The van der Waals surface area contributed by atoms with Crippen molar-refractivity contribution < 1.29 is 14.6 Å². The number of allylic oxidation sites excluding steroid dienone is 3. The highest BCUT2D eigenvalue weighted by Gasteiger charge is 2.23. The van der Waals surface area contributed by atoms with E-state index in [1.54, 1.807) is 6.08 Å². The summed E-state index contributed by atoms with van der Waals surface area (Å²) in [6.07, 6.45) is 5.21. The number of carboxylic acid groups (broad SMARTS) is 1. The predicted octanol–water partition coefficient (Wildman–Crippen LogP) is 2.14. The van der Waals surface area contributed by atoms with Crippen molar-refractivity contribution >= 4 is 5.97 Å². The van der Waals surface area contributed by atoms with Gasteiger partial charge in [-0.25, -0.2) is 4.79 Å². The van der Waals surface area contributed by atoms with Crippen molar-refractivity contribution in [3.05, 3.63) is 23.3 Å². The first-order chi connectivity index (χ1) is 6.59. The maximum absolute atomic E-state index is 10.8. The van der Waals surface area contributed by atoms with E-state index >= 15 is 0 Å². The van der Waals surface area contributed by atoms with Gasteiger partial charge in [-0.15, -0.1) is 0 Å². The third-order valence-corrected chi connectivity index (χ3v) is 2.03. The summed E-state index contributed by atoms with van der Waals surface area (Å²) in [4.78, 5) is 10.8. The van der Waals surface area contributed by atoms with Gasteiger partial charge in [0.25, 0.3) is 0 Å². The van der Waals surface area contributed by atoms with Crippen molar-refractivity contribution in [3.63, 3.8) is 0 Å². The molecule has 1 unspecified atom stereocenters. The number of epoxide rings is 1. The van der Waals surface area contributed by atoms with Crippen LogP contribution in [-0.2, 0) is 9.53 Å². The number of rotatable bonds is 5. The van der Waals surface area contributed by atoms with Crippen LogP contribution in [0.3, 0.4) is 0 Å². The molecule has 0 spiro atoms. The second-order valence-corrected chi connectivity index (χ2v) is 3.74. The minimum Gasteiger partial charge on any atom is -0.478 e. The smallest absolute Gasteiger partial charge is 0.331 e. The van der Waals surface area contributed by atoms with Crippen molar-refractivity contribution in [1.29, 1.82) is 0 Å². The first kappa shape index (κ1) is 11.0. The summed E-state index contributed by atoms with van der Waals surface area (Å²) >= 11 is 0. The molecule has 0 radical (unpaired) electrons. The maximum Gasteiger partial charge on any atom is 0.331 e. The van der Waals surface area contributed by atoms with Crippen molar-refractivity contribution in [2.75, 3.05) is 6.61 Å². The third kappa shape index (κ3) is 4.23. The Labute approximate surface area is 84.1 Å². The van der Waals surface area contributed by atoms with Gasteiger partial charge in [0, 0.05) is 5.57 Å². The quantitative estimate of drug-likeness (QED) is 0.416. The van der Waals surface area contributed by atoms with Gasteiger partial charge in [0.1, 0.15) is 0 Å². The van der Waals surface area contributed by atoms with Crippen LogP contribution in [0.5, 0.6) is 0 Å². The number of ether oxygens (including phenoxy) is 1. The van der Waals surface area contributed by atoms with Crippen LogP contribution in [0, 0.1) is 0 Å². The minimum atomic E-state index is -0.830. The Hall–Kier alpha value is -1.09. The van der Waals surface area contributed by atoms with Gasteiger partial charge < -0.3 is 9.84 Å². The molecule has 1 fully saturated rings. The molecular formula is C11H16O3. The van der Waals surface area contributed by atoms with E-state index in [2.05, 4.69) is 0 Å². The van der Waals surface area contributed by atoms with Crippen LogP contribution in [-0.4, -0.2) is 23.8 Å². The highest BCUT2D eigenvalue weighted by atomic mass is 16.6. The van der Waals surface area contributed by atoms with Gasteiger partial charge in [-0.05, 0) is 26.7 Å². The maximum atomic E-state index is 10.8. The molecule has 0 amide bonds. The highest BCUT2D eigenvalue weighted by Crippen LogP contribution is 2.19. The molecule has 78 valence electrons. The molecule has 1 rings (SSSR count). The molecule has 1 aliphatic heterocycles. The number of carboxylic acids is 1. The summed E-state index contributed by atoms with van der Waals surface area (Å²) in [5.74, 6) is -0.830. The molecule has 1 aliphatic rings. The van der Waals surface area contributed by atoms with E-state index in [4.69, 9.17) is 9.84 Å². The normalized spacial score (nSPS) is 20.4. The highest BCUT2D eigenvalue weighted by molar-refractivity contribution is 5.86. The van der Waals surface area contributed by atoms with Gasteiger partial charge in [-0.3, -0.25) is 0 Å². The molecule has 0 aromatic heterocycles. The van der Waals surface area contributed by atoms with Crippen molar-refractivity contribution in [2.45, 2.75) is 32.8 Å². The van der Waals surface area contributed by atoms with Gasteiger partial charge in [0.15, 0.2) is 0 Å². The number of hydrogen-bond acceptors (Lipinski definition) is 2. The summed E-state index contributed by atoms with van der Waals surface area (Å²) in [5.41, 5.74) is 1.56. The van der Waals surface area contributed by atoms with Gasteiger partial charge in [-0.1, -0.05) is 17.7 Å². The largest absolute Gasteiger partial charge is 0.478 e. The zero-order valence-corrected chi connectivity index (χ0v) is 8.62. The first-order valence-corrected chi connectivity index (χ1v) is 4.78. The van der Waals surface area contributed by atoms with Crippen molar-refractivity contribution in [1.82, 2.24) is 0 Å². The van der Waals surface area contributed by atoms with Crippen molar-refractivity contribution in [3.8, 4) is 0 Å². The standard InChI is InChI=1S/C11H16O3/c1-8(2)3-4-9(11(12)13)5-6-10-7-14-10/h3-4,10H,5-7H2,1-2H3,(H,12,13). The fourth-order valence-electron chi connectivity index (χ4n) is 1.08. The lowest BCUT2D eigenvalue weighted by Crippen LogP contribution is -2.01. The zero-order valence-electron chi connectivity index (χ0n) is 8.62. The summed E-state index contributed by atoms with van der Waals surface area (Å²) < 4.78 is 5.03. The number of hydrogen-bond donors (Lipinski definition) is 1. The molecule has 0 aromatic carbocycles. The summed E-state index contributed by atoms with van der Waals surface area (Å²) in [7, 11) is 0. The monoisotopic (exact) mass is 196 g/mol. The van der Waals surface area contributed by atoms with Gasteiger partial charge >= 0.3 is 5.97 Å². The molecule has 0 saturated carbocycles. The second kappa shape index (κ2) is 4.96. The summed E-state index contributed by atoms with van der Waals surface area (Å²) in [5, 5.41) is 8.88. The Morgan fingerprint density at radius 2 is 2.14 bits per heavy atom. The van der Waals surface area contributed by atoms with E-state index in [0.29, 0.717) is 18.1 Å². The van der Waals surface area contributed by atoms with E-state index in [1.165, 1.54) is 0 Å². The molecule has 0 aliphatic carbocycles. The van der Waals surface area contributed by atoms with Crippen LogP contribution in [0.2, 0.25) is 0 Å². The van der Waals surface area contributed by atoms with Crippen molar-refractivity contribution in [2.24, 2.45) is 0 Å². The molecule has 1 atom stereocenters. The molecule has 3 nitrogen and oxygen atoms in total. The molecule has 1 N–H and O–H groups in total. The lowest BCUT2D eigenvalue weighted by atomic mass is 10.1. The third-order valence-electron chi connectivity index (χ3n) is 2.03. The second-order valence-electron chi connectivity index (χ2n) is 3.74. The average molecular weight is 196 g/mol. The van der Waals surface area contributed by atoms with E-state index in [9.17, 15) is 4.79 Å². The Balaban J connectivity index is 2.48. The molecular weight excluding hydrogens is 180 g/mol. The fraction of sp³-hybridized carbons (Fsp3) is 0.545. The zero-order chi connectivity index (χ0) is 10.6. The lowest BCUT2D eigenvalue weighted by Gasteiger charge is -1.98. The Morgan fingerprint density at radius 3 is 2.57 bits per heavy atom. The number of aliphatic carboxylic acids is 1. The number of carbonyl (C=O) groups is 1. The van der Waals surface area contributed by atoms with Crippen LogP contribution in [0.15, 0.2) is 23.3 Å². The van der Waals surface area contributed by atoms with Gasteiger partial charge in [-0.2, -0.15) is 0 Å². The van der Waals surface area contributed by atoms with Crippen LogP contribution in [0.1, 0.15) is 26.7 Å². The summed E-state index contributed by atoms with van der Waals surface area (Å²) in [6, 6.07) is 0. The average Bonchev–Trinajstić information content (AvgIpc) is 2.86. The molecule has 0 aromatic rings. The van der Waals surface area contributed by atoms with E-state index < -0.39 is 5.97 Å². The van der Waals surface area contributed by atoms with Gasteiger partial charge in [0.05, 0.1) is 12.7 Å². The SMILES string of the molecule is CC(C)=CC=C(CCC1CO1)C(=O)O. The topological polar surface area (TPSA) is 49.8 Å².